The van der Waals surface area contributed by atoms with Gasteiger partial charge in [0.15, 0.2) is 0 Å². The van der Waals surface area contributed by atoms with Crippen molar-refractivity contribution in [1.29, 1.82) is 0 Å². The molecule has 0 radical (unpaired) electrons. The van der Waals surface area contributed by atoms with E-state index in [9.17, 15) is 14.7 Å². The quantitative estimate of drug-likeness (QED) is 0.628. The number of carbonyl (C=O) groups is 2. The Kier molecular flexibility index (Phi) is 3.60. The van der Waals surface area contributed by atoms with Crippen LogP contribution in [0, 0.1) is 5.92 Å². The van der Waals surface area contributed by atoms with Gasteiger partial charge in [-0.05, 0) is 26.2 Å². The molecule has 0 saturated heterocycles. The summed E-state index contributed by atoms with van der Waals surface area (Å²) in [5.41, 5.74) is 0. The van der Waals surface area contributed by atoms with Crippen molar-refractivity contribution >= 4 is 17.8 Å². The third-order valence-electron chi connectivity index (χ3n) is 2.22. The van der Waals surface area contributed by atoms with Crippen LogP contribution in [0.4, 0.5) is 4.79 Å². The first-order valence-electron chi connectivity index (χ1n) is 4.83. The third kappa shape index (κ3) is 2.23. The molecule has 5 heteroatoms. The number of aliphatic imine (C=N–C) groups is 1. The van der Waals surface area contributed by atoms with Crippen LogP contribution in [0.5, 0.6) is 0 Å². The van der Waals surface area contributed by atoms with Gasteiger partial charge in [-0.3, -0.25) is 9.69 Å². The molecule has 3 amide bonds. The lowest BCUT2D eigenvalue weighted by Crippen LogP contribution is -2.49. The summed E-state index contributed by atoms with van der Waals surface area (Å²) in [5.74, 6) is -1.90. The lowest BCUT2D eigenvalue weighted by atomic mass is 10.0. The van der Waals surface area contributed by atoms with Crippen LogP contribution >= 0.6 is 0 Å². The van der Waals surface area contributed by atoms with Gasteiger partial charge in [-0.25, -0.2) is 9.79 Å². The number of imide groups is 1. The molecule has 0 aromatic rings. The largest absolute Gasteiger partial charge is 0.861 e. The summed E-state index contributed by atoms with van der Waals surface area (Å²) in [4.78, 5) is 27.1. The summed E-state index contributed by atoms with van der Waals surface area (Å²) >= 11 is 0. The summed E-state index contributed by atoms with van der Waals surface area (Å²) < 4.78 is 0. The van der Waals surface area contributed by atoms with E-state index < -0.39 is 23.8 Å². The average molecular weight is 209 g/mol. The monoisotopic (exact) mass is 209 g/mol. The molecule has 0 aliphatic carbocycles. The van der Waals surface area contributed by atoms with Gasteiger partial charge in [-0.1, -0.05) is 12.2 Å². The maximum absolute atomic E-state index is 11.7. The summed E-state index contributed by atoms with van der Waals surface area (Å²) in [7, 11) is 0. The molecule has 15 heavy (non-hydrogen) atoms. The molecule has 0 N–H and O–H groups in total. The van der Waals surface area contributed by atoms with Crippen molar-refractivity contribution in [3.8, 4) is 0 Å². The first-order chi connectivity index (χ1) is 7.11. The molecule has 1 heterocycles. The molecule has 0 aromatic carbocycles. The van der Waals surface area contributed by atoms with Gasteiger partial charge in [0.2, 0.25) is 5.91 Å². The minimum Gasteiger partial charge on any atom is -0.861 e. The van der Waals surface area contributed by atoms with Gasteiger partial charge < -0.3 is 5.11 Å². The van der Waals surface area contributed by atoms with Gasteiger partial charge in [0.05, 0.1) is 5.92 Å². The van der Waals surface area contributed by atoms with Crippen LogP contribution in [0.25, 0.3) is 0 Å². The van der Waals surface area contributed by atoms with Crippen molar-refractivity contribution in [2.24, 2.45) is 10.9 Å². The summed E-state index contributed by atoms with van der Waals surface area (Å²) in [5, 5.41) is 11.3. The van der Waals surface area contributed by atoms with Gasteiger partial charge in [0.25, 0.3) is 0 Å². The lowest BCUT2D eigenvalue weighted by molar-refractivity contribution is -0.224. The van der Waals surface area contributed by atoms with Crippen LogP contribution in [0.3, 0.4) is 0 Å². The van der Waals surface area contributed by atoms with E-state index in [1.165, 1.54) is 0 Å². The third-order valence-corrected chi connectivity index (χ3v) is 2.22. The van der Waals surface area contributed by atoms with Crippen LogP contribution < -0.4 is 5.11 Å². The first-order valence-corrected chi connectivity index (χ1v) is 4.83. The van der Waals surface area contributed by atoms with E-state index in [1.807, 2.05) is 0 Å². The van der Waals surface area contributed by atoms with Gasteiger partial charge in [-0.15, -0.1) is 0 Å². The van der Waals surface area contributed by atoms with Gasteiger partial charge >= 0.3 is 6.03 Å². The van der Waals surface area contributed by atoms with Crippen LogP contribution in [0.1, 0.15) is 20.3 Å². The molecule has 0 spiro atoms. The number of hydrogen-bond donors (Lipinski definition) is 0. The fraction of sp³-hybridized carbons (Fsp3) is 0.500. The predicted molar refractivity (Wildman–Crippen MR) is 53.1 cm³/mol. The highest BCUT2D eigenvalue weighted by Crippen LogP contribution is 2.15. The Morgan fingerprint density at radius 2 is 2.20 bits per heavy atom. The van der Waals surface area contributed by atoms with Gasteiger partial charge in [-0.2, -0.15) is 0 Å². The highest BCUT2D eigenvalue weighted by molar-refractivity contribution is 6.12. The fourth-order valence-electron chi connectivity index (χ4n) is 1.39. The molecule has 1 aliphatic rings. The SMILES string of the molecule is C/C=C/CC1C(=O)N(CC)C(=O)N=C1[O-]. The molecule has 5 nitrogen and oxygen atoms in total. The van der Waals surface area contributed by atoms with Crippen molar-refractivity contribution in [2.75, 3.05) is 6.54 Å². The van der Waals surface area contributed by atoms with Crippen molar-refractivity contribution in [2.45, 2.75) is 20.3 Å². The fourth-order valence-corrected chi connectivity index (χ4v) is 1.39. The minimum atomic E-state index is -0.821. The van der Waals surface area contributed by atoms with E-state index >= 15 is 0 Å². The Hall–Kier alpha value is -1.65. The standard InChI is InChI=1S/C10H14N2O3/c1-3-5-6-7-8(13)11-10(15)12(4-2)9(7)14/h3,5,7H,4,6H2,1-2H3,(H,11,13,15)/p-1/b5-3+. The predicted octanol–water partition coefficient (Wildman–Crippen LogP) is 0.310. The number of urea groups is 1. The Labute approximate surface area is 88.1 Å². The second-order valence-electron chi connectivity index (χ2n) is 3.17. The van der Waals surface area contributed by atoms with Crippen LogP contribution in [-0.2, 0) is 4.79 Å². The Morgan fingerprint density at radius 3 is 2.73 bits per heavy atom. The van der Waals surface area contributed by atoms with E-state index in [4.69, 9.17) is 0 Å². The zero-order valence-corrected chi connectivity index (χ0v) is 8.77. The lowest BCUT2D eigenvalue weighted by Gasteiger charge is -2.30. The van der Waals surface area contributed by atoms with Crippen LogP contribution in [0.2, 0.25) is 0 Å². The molecule has 0 bridgehead atoms. The Morgan fingerprint density at radius 1 is 1.53 bits per heavy atom. The topological polar surface area (TPSA) is 72.8 Å². The van der Waals surface area contributed by atoms with Crippen LogP contribution in [0.15, 0.2) is 17.1 Å². The minimum absolute atomic E-state index is 0.251. The van der Waals surface area contributed by atoms with E-state index in [2.05, 4.69) is 4.99 Å². The normalized spacial score (nSPS) is 22.4. The maximum Gasteiger partial charge on any atom is 0.349 e. The van der Waals surface area contributed by atoms with Crippen molar-refractivity contribution in [3.63, 3.8) is 0 Å². The molecule has 1 aliphatic heterocycles. The molecule has 0 fully saturated rings. The Balaban J connectivity index is 2.92. The highest BCUT2D eigenvalue weighted by Gasteiger charge is 2.31. The molecule has 0 saturated carbocycles. The van der Waals surface area contributed by atoms with Crippen molar-refractivity contribution in [1.82, 2.24) is 4.90 Å². The number of hydrogen-bond acceptors (Lipinski definition) is 3. The average Bonchev–Trinajstić information content (AvgIpc) is 2.17. The molecule has 1 atom stereocenters. The molecule has 0 aromatic heterocycles. The number of rotatable bonds is 3. The molecular formula is C10H13N2O3-. The van der Waals surface area contributed by atoms with Gasteiger partial charge in [0, 0.05) is 6.54 Å². The summed E-state index contributed by atoms with van der Waals surface area (Å²) in [6, 6.07) is -0.746. The zero-order valence-electron chi connectivity index (χ0n) is 8.77. The zero-order chi connectivity index (χ0) is 11.4. The first kappa shape index (κ1) is 11.4. The summed E-state index contributed by atoms with van der Waals surface area (Å²) in [6.07, 6.45) is 3.79. The van der Waals surface area contributed by atoms with Crippen LogP contribution in [-0.4, -0.2) is 29.3 Å². The van der Waals surface area contributed by atoms with Crippen molar-refractivity contribution in [3.05, 3.63) is 12.2 Å². The molecule has 1 rings (SSSR count). The molecule has 1 unspecified atom stereocenters. The number of amides is 3. The molecule has 82 valence electrons. The second kappa shape index (κ2) is 4.72. The van der Waals surface area contributed by atoms with E-state index in [1.54, 1.807) is 26.0 Å². The molecular weight excluding hydrogens is 196 g/mol. The Bertz CT molecular complexity index is 334. The maximum atomic E-state index is 11.7. The van der Waals surface area contributed by atoms with E-state index in [0.717, 1.165) is 4.90 Å². The van der Waals surface area contributed by atoms with Crippen molar-refractivity contribution < 1.29 is 14.7 Å². The smallest absolute Gasteiger partial charge is 0.349 e. The number of allylic oxidation sites excluding steroid dienone is 2. The summed E-state index contributed by atoms with van der Waals surface area (Å²) in [6.45, 7) is 3.73. The number of carbonyl (C=O) groups excluding carboxylic acids is 2. The second-order valence-corrected chi connectivity index (χ2v) is 3.17. The number of nitrogens with zero attached hydrogens (tertiary/aromatic N) is 2. The highest BCUT2D eigenvalue weighted by atomic mass is 16.3. The van der Waals surface area contributed by atoms with E-state index in [0.29, 0.717) is 6.42 Å². The van der Waals surface area contributed by atoms with Gasteiger partial charge in [0.1, 0.15) is 0 Å². The van der Waals surface area contributed by atoms with E-state index in [-0.39, 0.29) is 6.54 Å².